The third-order valence-electron chi connectivity index (χ3n) is 3.44. The second kappa shape index (κ2) is 9.84. The lowest BCUT2D eigenvalue weighted by molar-refractivity contribution is -0.115. The lowest BCUT2D eigenvalue weighted by Gasteiger charge is -2.12. The Kier molecular flexibility index (Phi) is 7.19. The average Bonchev–Trinajstić information content (AvgIpc) is 2.65. The summed E-state index contributed by atoms with van der Waals surface area (Å²) in [5.74, 6) is 2.40. The number of guanidine groups is 1. The van der Waals surface area contributed by atoms with Crippen molar-refractivity contribution in [2.45, 2.75) is 13.5 Å². The van der Waals surface area contributed by atoms with Crippen LogP contribution in [0.15, 0.2) is 53.5 Å². The Bertz CT molecular complexity index is 827. The molecule has 26 heavy (non-hydrogen) atoms. The lowest BCUT2D eigenvalue weighted by Crippen LogP contribution is -2.41. The third kappa shape index (κ3) is 5.95. The molecule has 0 saturated carbocycles. The molecule has 0 fully saturated rings. The van der Waals surface area contributed by atoms with E-state index in [-0.39, 0.29) is 24.8 Å². The first-order valence-electron chi connectivity index (χ1n) is 8.24. The van der Waals surface area contributed by atoms with Crippen LogP contribution in [0.25, 0.3) is 0 Å². The van der Waals surface area contributed by atoms with Crippen LogP contribution in [0.1, 0.15) is 18.1 Å². The van der Waals surface area contributed by atoms with Crippen molar-refractivity contribution in [2.75, 3.05) is 18.4 Å². The molecule has 1 amide bonds. The molecule has 0 atom stereocenters. The van der Waals surface area contributed by atoms with Gasteiger partial charge in [0.1, 0.15) is 5.82 Å². The number of hydrogen-bond acceptors (Lipinski definition) is 2. The van der Waals surface area contributed by atoms with Gasteiger partial charge in [-0.25, -0.2) is 9.38 Å². The zero-order valence-corrected chi connectivity index (χ0v) is 14.6. The molecule has 3 N–H and O–H groups in total. The summed E-state index contributed by atoms with van der Waals surface area (Å²) in [4.78, 5) is 16.4. The predicted octanol–water partition coefficient (Wildman–Crippen LogP) is 2.50. The maximum atomic E-state index is 13.7. The molecule has 5 nitrogen and oxygen atoms in total. The fraction of sp³-hybridized carbons (Fsp3) is 0.200. The molecule has 0 spiro atoms. The van der Waals surface area contributed by atoms with Gasteiger partial charge in [-0.15, -0.1) is 6.42 Å². The first-order valence-corrected chi connectivity index (χ1v) is 8.24. The number of carbonyl (C=O) groups excluding carboxylic acids is 1. The van der Waals surface area contributed by atoms with Gasteiger partial charge in [0.15, 0.2) is 5.96 Å². The van der Waals surface area contributed by atoms with Crippen molar-refractivity contribution in [3.63, 3.8) is 0 Å². The molecule has 0 unspecified atom stereocenters. The van der Waals surface area contributed by atoms with Crippen LogP contribution in [-0.4, -0.2) is 25.0 Å². The van der Waals surface area contributed by atoms with Crippen LogP contribution in [0.3, 0.4) is 0 Å². The number of nitrogens with one attached hydrogen (secondary N) is 3. The minimum atomic E-state index is -0.307. The topological polar surface area (TPSA) is 65.5 Å². The second-order valence-electron chi connectivity index (χ2n) is 5.41. The van der Waals surface area contributed by atoms with Gasteiger partial charge in [-0.3, -0.25) is 4.79 Å². The van der Waals surface area contributed by atoms with E-state index >= 15 is 0 Å². The summed E-state index contributed by atoms with van der Waals surface area (Å²) in [6.45, 7) is 2.72. The molecule has 0 radical (unpaired) electrons. The highest BCUT2D eigenvalue weighted by molar-refractivity contribution is 5.95. The van der Waals surface area contributed by atoms with Crippen molar-refractivity contribution in [3.8, 4) is 12.3 Å². The number of terminal acetylenes is 1. The number of rotatable bonds is 6. The van der Waals surface area contributed by atoms with Crippen LogP contribution in [0.5, 0.6) is 0 Å². The monoisotopic (exact) mass is 352 g/mol. The Balaban J connectivity index is 1.92. The SMILES string of the molecule is C#Cc1cccc(NC(=O)CNC(=NCc2ccccc2F)NCC)c1. The standard InChI is InChI=1S/C20H21FN4O/c1-3-15-8-7-10-17(12-15)25-19(26)14-24-20(22-4-2)23-13-16-9-5-6-11-18(16)21/h1,5-12H,4,13-14H2,2H3,(H,25,26)(H2,22,23,24). The molecular formula is C20H21FN4O. The van der Waals surface area contributed by atoms with Gasteiger partial charge in [0, 0.05) is 23.4 Å². The number of benzene rings is 2. The lowest BCUT2D eigenvalue weighted by atomic mass is 10.2. The number of nitrogens with zero attached hydrogens (tertiary/aromatic N) is 1. The summed E-state index contributed by atoms with van der Waals surface area (Å²) in [6, 6.07) is 13.5. The van der Waals surface area contributed by atoms with Crippen LogP contribution in [0.2, 0.25) is 0 Å². The summed E-state index contributed by atoms with van der Waals surface area (Å²) in [6.07, 6.45) is 5.35. The summed E-state index contributed by atoms with van der Waals surface area (Å²) >= 11 is 0. The highest BCUT2D eigenvalue weighted by Crippen LogP contribution is 2.09. The minimum absolute atomic E-state index is 0.0172. The molecule has 0 aliphatic rings. The molecule has 0 aliphatic carbocycles. The van der Waals surface area contributed by atoms with E-state index in [1.807, 2.05) is 6.92 Å². The van der Waals surface area contributed by atoms with Crippen LogP contribution < -0.4 is 16.0 Å². The van der Waals surface area contributed by atoms with E-state index in [1.54, 1.807) is 42.5 Å². The molecule has 0 saturated heterocycles. The fourth-order valence-corrected chi connectivity index (χ4v) is 2.19. The number of carbonyl (C=O) groups is 1. The predicted molar refractivity (Wildman–Crippen MR) is 102 cm³/mol. The van der Waals surface area contributed by atoms with Crippen LogP contribution >= 0.6 is 0 Å². The van der Waals surface area contributed by atoms with E-state index in [1.165, 1.54) is 6.07 Å². The van der Waals surface area contributed by atoms with Crippen LogP contribution in [0, 0.1) is 18.2 Å². The quantitative estimate of drug-likeness (QED) is 0.425. The Morgan fingerprint density at radius 3 is 2.73 bits per heavy atom. The summed E-state index contributed by atoms with van der Waals surface area (Å²) < 4.78 is 13.7. The van der Waals surface area contributed by atoms with Crippen LogP contribution in [-0.2, 0) is 11.3 Å². The minimum Gasteiger partial charge on any atom is -0.357 e. The van der Waals surface area contributed by atoms with Crippen molar-refractivity contribution in [1.29, 1.82) is 0 Å². The summed E-state index contributed by atoms with van der Waals surface area (Å²) in [5, 5.41) is 8.70. The number of anilines is 1. The number of hydrogen-bond donors (Lipinski definition) is 3. The Hall–Kier alpha value is -3.33. The van der Waals surface area contributed by atoms with Crippen molar-refractivity contribution in [2.24, 2.45) is 4.99 Å². The number of halogens is 1. The number of aliphatic imine (C=N–C) groups is 1. The van der Waals surface area contributed by atoms with Crippen molar-refractivity contribution >= 4 is 17.6 Å². The summed E-state index contributed by atoms with van der Waals surface area (Å²) in [5.41, 5.74) is 1.80. The van der Waals surface area contributed by atoms with Gasteiger partial charge >= 0.3 is 0 Å². The van der Waals surface area contributed by atoms with Gasteiger partial charge in [-0.1, -0.05) is 30.2 Å². The maximum absolute atomic E-state index is 13.7. The molecule has 134 valence electrons. The molecule has 2 aromatic carbocycles. The van der Waals surface area contributed by atoms with E-state index in [2.05, 4.69) is 26.9 Å². The molecule has 0 aliphatic heterocycles. The van der Waals surface area contributed by atoms with E-state index in [0.29, 0.717) is 29.3 Å². The highest BCUT2D eigenvalue weighted by Gasteiger charge is 2.06. The van der Waals surface area contributed by atoms with Crippen molar-refractivity contribution in [3.05, 3.63) is 65.5 Å². The zero-order valence-electron chi connectivity index (χ0n) is 14.6. The van der Waals surface area contributed by atoms with Crippen molar-refractivity contribution < 1.29 is 9.18 Å². The molecule has 2 aromatic rings. The van der Waals surface area contributed by atoms with E-state index in [9.17, 15) is 9.18 Å². The van der Waals surface area contributed by atoms with Gasteiger partial charge in [0.2, 0.25) is 5.91 Å². The van der Waals surface area contributed by atoms with Gasteiger partial charge in [0.25, 0.3) is 0 Å². The highest BCUT2D eigenvalue weighted by atomic mass is 19.1. The van der Waals surface area contributed by atoms with E-state index in [0.717, 1.165) is 0 Å². The van der Waals surface area contributed by atoms with Gasteiger partial charge in [0.05, 0.1) is 13.1 Å². The molecule has 0 bridgehead atoms. The second-order valence-corrected chi connectivity index (χ2v) is 5.41. The molecular weight excluding hydrogens is 331 g/mol. The molecule has 0 heterocycles. The summed E-state index contributed by atoms with van der Waals surface area (Å²) in [7, 11) is 0. The van der Waals surface area contributed by atoms with Gasteiger partial charge in [-0.05, 0) is 31.2 Å². The third-order valence-corrected chi connectivity index (χ3v) is 3.44. The number of amides is 1. The first kappa shape index (κ1) is 19.0. The maximum Gasteiger partial charge on any atom is 0.243 e. The normalized spacial score (nSPS) is 10.7. The molecule has 2 rings (SSSR count). The Morgan fingerprint density at radius 2 is 2.00 bits per heavy atom. The smallest absolute Gasteiger partial charge is 0.243 e. The first-order chi connectivity index (χ1) is 12.6. The Labute approximate surface area is 152 Å². The average molecular weight is 352 g/mol. The molecule has 0 aromatic heterocycles. The van der Waals surface area contributed by atoms with Gasteiger partial charge in [-0.2, -0.15) is 0 Å². The van der Waals surface area contributed by atoms with E-state index in [4.69, 9.17) is 6.42 Å². The molecule has 6 heteroatoms. The largest absolute Gasteiger partial charge is 0.357 e. The van der Waals surface area contributed by atoms with Crippen molar-refractivity contribution in [1.82, 2.24) is 10.6 Å². The Morgan fingerprint density at radius 1 is 1.19 bits per heavy atom. The van der Waals surface area contributed by atoms with Gasteiger partial charge < -0.3 is 16.0 Å². The zero-order chi connectivity index (χ0) is 18.8. The fourth-order valence-electron chi connectivity index (χ4n) is 2.19. The van der Waals surface area contributed by atoms with E-state index < -0.39 is 0 Å². The van der Waals surface area contributed by atoms with Crippen LogP contribution in [0.4, 0.5) is 10.1 Å².